The van der Waals surface area contributed by atoms with Crippen LogP contribution in [0.5, 0.6) is 0 Å². The number of ether oxygens (including phenoxy) is 1. The van der Waals surface area contributed by atoms with Gasteiger partial charge in [0.05, 0.1) is 16.3 Å². The van der Waals surface area contributed by atoms with Crippen LogP contribution in [-0.4, -0.2) is 19.6 Å². The van der Waals surface area contributed by atoms with Crippen LogP contribution in [0.25, 0.3) is 0 Å². The molecule has 0 radical (unpaired) electrons. The molecule has 1 saturated carbocycles. The fourth-order valence-corrected chi connectivity index (χ4v) is 3.14. The van der Waals surface area contributed by atoms with E-state index >= 15 is 0 Å². The molecular formula is C11H14BrNO2S. The molecule has 1 fully saturated rings. The second kappa shape index (κ2) is 4.85. The lowest BCUT2D eigenvalue weighted by Crippen LogP contribution is -2.30. The van der Waals surface area contributed by atoms with Crippen molar-refractivity contribution in [3.8, 4) is 0 Å². The van der Waals surface area contributed by atoms with Crippen molar-refractivity contribution >= 4 is 33.2 Å². The van der Waals surface area contributed by atoms with Gasteiger partial charge in [0.2, 0.25) is 0 Å². The van der Waals surface area contributed by atoms with Crippen molar-refractivity contribution in [1.29, 1.82) is 0 Å². The van der Waals surface area contributed by atoms with Crippen LogP contribution in [-0.2, 0) is 16.1 Å². The highest BCUT2D eigenvalue weighted by molar-refractivity contribution is 9.11. The topological polar surface area (TPSA) is 38.3 Å². The molecule has 5 heteroatoms. The van der Waals surface area contributed by atoms with Crippen LogP contribution in [0.1, 0.15) is 17.7 Å². The summed E-state index contributed by atoms with van der Waals surface area (Å²) in [7, 11) is 1.46. The first-order valence-electron chi connectivity index (χ1n) is 5.20. The largest absolute Gasteiger partial charge is 0.469 e. The summed E-state index contributed by atoms with van der Waals surface area (Å²) in [4.78, 5) is 12.7. The van der Waals surface area contributed by atoms with Gasteiger partial charge >= 0.3 is 5.97 Å². The van der Waals surface area contributed by atoms with E-state index in [9.17, 15) is 4.79 Å². The number of rotatable bonds is 5. The van der Waals surface area contributed by atoms with Crippen LogP contribution >= 0.6 is 27.3 Å². The van der Waals surface area contributed by atoms with Gasteiger partial charge in [-0.05, 0) is 40.9 Å². The van der Waals surface area contributed by atoms with Crippen molar-refractivity contribution in [2.24, 2.45) is 5.41 Å². The second-order valence-electron chi connectivity index (χ2n) is 4.08. The van der Waals surface area contributed by atoms with Gasteiger partial charge in [0, 0.05) is 18.0 Å². The standard InChI is InChI=1S/C11H14BrNO2S/c1-15-10(14)11(4-5-11)7-13-6-8-2-3-9(12)16-8/h2-3,13H,4-7H2,1H3. The average molecular weight is 304 g/mol. The van der Waals surface area contributed by atoms with Crippen LogP contribution < -0.4 is 5.32 Å². The van der Waals surface area contributed by atoms with Crippen LogP contribution in [0.15, 0.2) is 15.9 Å². The monoisotopic (exact) mass is 303 g/mol. The fraction of sp³-hybridized carbons (Fsp3) is 0.545. The molecule has 1 aromatic heterocycles. The number of nitrogens with one attached hydrogen (secondary N) is 1. The zero-order valence-corrected chi connectivity index (χ0v) is 11.5. The molecule has 0 unspecified atom stereocenters. The van der Waals surface area contributed by atoms with E-state index in [1.54, 1.807) is 11.3 Å². The highest BCUT2D eigenvalue weighted by Gasteiger charge is 2.50. The van der Waals surface area contributed by atoms with E-state index in [0.717, 1.165) is 29.7 Å². The maximum atomic E-state index is 11.5. The number of methoxy groups -OCH3 is 1. The van der Waals surface area contributed by atoms with Gasteiger partial charge in [-0.1, -0.05) is 0 Å². The van der Waals surface area contributed by atoms with Crippen molar-refractivity contribution in [2.45, 2.75) is 19.4 Å². The van der Waals surface area contributed by atoms with E-state index in [4.69, 9.17) is 4.74 Å². The fourth-order valence-electron chi connectivity index (χ4n) is 1.69. The number of hydrogen-bond acceptors (Lipinski definition) is 4. The summed E-state index contributed by atoms with van der Waals surface area (Å²) in [5.74, 6) is -0.0765. The van der Waals surface area contributed by atoms with Crippen LogP contribution in [0.2, 0.25) is 0 Å². The van der Waals surface area contributed by atoms with Gasteiger partial charge in [0.1, 0.15) is 0 Å². The molecule has 0 saturated heterocycles. The number of carbonyl (C=O) groups excluding carboxylic acids is 1. The van der Waals surface area contributed by atoms with E-state index in [-0.39, 0.29) is 11.4 Å². The Bertz CT molecular complexity index is 387. The number of halogens is 1. The molecule has 3 nitrogen and oxygen atoms in total. The number of hydrogen-bond donors (Lipinski definition) is 1. The Balaban J connectivity index is 1.78. The lowest BCUT2D eigenvalue weighted by Gasteiger charge is -2.12. The zero-order valence-electron chi connectivity index (χ0n) is 9.09. The molecule has 0 aromatic carbocycles. The summed E-state index contributed by atoms with van der Waals surface area (Å²) >= 11 is 5.14. The lowest BCUT2D eigenvalue weighted by atomic mass is 10.1. The van der Waals surface area contributed by atoms with Gasteiger partial charge in [-0.25, -0.2) is 0 Å². The van der Waals surface area contributed by atoms with Gasteiger partial charge in [0.25, 0.3) is 0 Å². The molecule has 2 rings (SSSR count). The number of carbonyl (C=O) groups is 1. The van der Waals surface area contributed by atoms with Gasteiger partial charge in [-0.15, -0.1) is 11.3 Å². The minimum atomic E-state index is -0.233. The average Bonchev–Trinajstić information content (AvgIpc) is 2.95. The van der Waals surface area contributed by atoms with Crippen LogP contribution in [0.3, 0.4) is 0 Å². The Morgan fingerprint density at radius 1 is 1.62 bits per heavy atom. The summed E-state index contributed by atoms with van der Waals surface area (Å²) < 4.78 is 5.94. The molecule has 0 atom stereocenters. The van der Waals surface area contributed by atoms with E-state index in [2.05, 4.69) is 27.3 Å². The summed E-state index contributed by atoms with van der Waals surface area (Å²) in [6.07, 6.45) is 1.89. The molecule has 0 amide bonds. The van der Waals surface area contributed by atoms with Crippen molar-refractivity contribution < 1.29 is 9.53 Å². The smallest absolute Gasteiger partial charge is 0.313 e. The summed E-state index contributed by atoms with van der Waals surface area (Å²) in [5.41, 5.74) is -0.233. The number of thiophene rings is 1. The lowest BCUT2D eigenvalue weighted by molar-refractivity contribution is -0.146. The zero-order chi connectivity index (χ0) is 11.6. The third kappa shape index (κ3) is 2.64. The summed E-state index contributed by atoms with van der Waals surface area (Å²) in [5, 5.41) is 3.32. The molecule has 0 bridgehead atoms. The maximum Gasteiger partial charge on any atom is 0.313 e. The molecule has 16 heavy (non-hydrogen) atoms. The number of esters is 1. The van der Waals surface area contributed by atoms with Gasteiger partial charge in [0.15, 0.2) is 0 Å². The van der Waals surface area contributed by atoms with E-state index in [1.165, 1.54) is 12.0 Å². The van der Waals surface area contributed by atoms with Crippen molar-refractivity contribution in [3.63, 3.8) is 0 Å². The third-order valence-corrected chi connectivity index (χ3v) is 4.49. The first-order chi connectivity index (χ1) is 7.66. The van der Waals surface area contributed by atoms with Crippen LogP contribution in [0.4, 0.5) is 0 Å². The second-order valence-corrected chi connectivity index (χ2v) is 6.63. The predicted octanol–water partition coefficient (Wildman–Crippen LogP) is 2.55. The Labute approximate surface area is 107 Å². The summed E-state index contributed by atoms with van der Waals surface area (Å²) in [6.45, 7) is 1.53. The minimum Gasteiger partial charge on any atom is -0.469 e. The minimum absolute atomic E-state index is 0.0765. The van der Waals surface area contributed by atoms with Crippen molar-refractivity contribution in [3.05, 3.63) is 20.8 Å². The predicted molar refractivity (Wildman–Crippen MR) is 67.4 cm³/mol. The van der Waals surface area contributed by atoms with E-state index < -0.39 is 0 Å². The molecule has 1 aromatic rings. The first kappa shape index (κ1) is 12.1. The third-order valence-electron chi connectivity index (χ3n) is 2.86. The maximum absolute atomic E-state index is 11.5. The molecule has 0 aliphatic heterocycles. The SMILES string of the molecule is COC(=O)C1(CNCc2ccc(Br)s2)CC1. The molecule has 1 aliphatic carbocycles. The Kier molecular flexibility index (Phi) is 3.66. The van der Waals surface area contributed by atoms with E-state index in [0.29, 0.717) is 0 Å². The molecule has 88 valence electrons. The molecule has 1 aliphatic rings. The molecule has 0 spiro atoms. The first-order valence-corrected chi connectivity index (χ1v) is 6.81. The van der Waals surface area contributed by atoms with Crippen LogP contribution in [0, 0.1) is 5.41 Å². The Morgan fingerprint density at radius 2 is 2.38 bits per heavy atom. The molecular weight excluding hydrogens is 290 g/mol. The van der Waals surface area contributed by atoms with E-state index in [1.807, 2.05) is 6.07 Å². The van der Waals surface area contributed by atoms with Gasteiger partial charge in [-0.3, -0.25) is 4.79 Å². The Hall–Kier alpha value is -0.390. The quantitative estimate of drug-likeness (QED) is 0.850. The highest BCUT2D eigenvalue weighted by atomic mass is 79.9. The highest BCUT2D eigenvalue weighted by Crippen LogP contribution is 2.46. The normalized spacial score (nSPS) is 17.1. The van der Waals surface area contributed by atoms with Gasteiger partial charge < -0.3 is 10.1 Å². The van der Waals surface area contributed by atoms with Gasteiger partial charge in [-0.2, -0.15) is 0 Å². The molecule has 1 N–H and O–H groups in total. The van der Waals surface area contributed by atoms with Crippen molar-refractivity contribution in [1.82, 2.24) is 5.32 Å². The Morgan fingerprint density at radius 3 is 2.88 bits per heavy atom. The summed E-state index contributed by atoms with van der Waals surface area (Å²) in [6, 6.07) is 4.12. The molecule has 1 heterocycles. The van der Waals surface area contributed by atoms with Crippen molar-refractivity contribution in [2.75, 3.05) is 13.7 Å².